The van der Waals surface area contributed by atoms with Crippen LogP contribution in [0.15, 0.2) is 43.0 Å². The van der Waals surface area contributed by atoms with Crippen molar-refractivity contribution in [1.82, 2.24) is 4.57 Å². The number of nitrogens with zero attached hydrogens (tertiary/aromatic N) is 2. The molecule has 2 rings (SSSR count). The van der Waals surface area contributed by atoms with Gasteiger partial charge in [-0.15, -0.1) is 49.6 Å². The van der Waals surface area contributed by atoms with Crippen molar-refractivity contribution in [3.63, 3.8) is 0 Å². The number of benzene rings is 1. The molecule has 1 N–H and O–H groups in total. The Morgan fingerprint density at radius 1 is 1.18 bits per heavy atom. The highest BCUT2D eigenvalue weighted by molar-refractivity contribution is 5.86. The minimum Gasteiger partial charge on any atom is -0.447 e. The minimum absolute atomic E-state index is 0. The SMILES string of the molecule is C[n+]1ccn(Cc2ccc(OOC(=O)O)cc2)c1.Cl.Cl.Cl.Cl. The average Bonchev–Trinajstić information content (AvgIpc) is 2.74. The number of imidazole rings is 1. The molecule has 0 amide bonds. The van der Waals surface area contributed by atoms with E-state index in [4.69, 9.17) is 5.11 Å². The molecule has 0 fully saturated rings. The van der Waals surface area contributed by atoms with E-state index in [2.05, 4.69) is 9.78 Å². The molecule has 0 radical (unpaired) electrons. The molecular weight excluding hydrogens is 378 g/mol. The van der Waals surface area contributed by atoms with Crippen LogP contribution in [0.4, 0.5) is 4.79 Å². The van der Waals surface area contributed by atoms with Gasteiger partial charge in [-0.3, -0.25) is 4.89 Å². The molecule has 1 aromatic carbocycles. The summed E-state index contributed by atoms with van der Waals surface area (Å²) in [6.07, 6.45) is 4.42. The lowest BCUT2D eigenvalue weighted by Gasteiger charge is -2.02. The third kappa shape index (κ3) is 8.19. The number of hydrogen-bond donors (Lipinski definition) is 1. The molecule has 0 saturated carbocycles. The number of halogens is 4. The van der Waals surface area contributed by atoms with Crippen LogP contribution in [0.5, 0.6) is 5.75 Å². The lowest BCUT2D eigenvalue weighted by molar-refractivity contribution is -0.671. The topological polar surface area (TPSA) is 64.6 Å². The average molecular weight is 395 g/mol. The zero-order valence-corrected chi connectivity index (χ0v) is 14.7. The van der Waals surface area contributed by atoms with Gasteiger partial charge < -0.3 is 5.11 Å². The van der Waals surface area contributed by atoms with Crippen molar-refractivity contribution in [2.75, 3.05) is 0 Å². The zero-order valence-electron chi connectivity index (χ0n) is 11.4. The molecular formula is C12H17Cl4N2O4+. The second-order valence-corrected chi connectivity index (χ2v) is 3.83. The maximum absolute atomic E-state index is 10.1. The second-order valence-electron chi connectivity index (χ2n) is 3.83. The van der Waals surface area contributed by atoms with Crippen LogP contribution in [-0.4, -0.2) is 15.8 Å². The van der Waals surface area contributed by atoms with Crippen molar-refractivity contribution in [3.05, 3.63) is 48.5 Å². The highest BCUT2D eigenvalue weighted by atomic mass is 35.5. The Morgan fingerprint density at radius 3 is 2.23 bits per heavy atom. The molecule has 0 spiro atoms. The fraction of sp³-hybridized carbons (Fsp3) is 0.167. The maximum Gasteiger partial charge on any atom is 0.547 e. The molecule has 0 aliphatic rings. The number of carboxylic acid groups (broad SMARTS) is 1. The summed E-state index contributed by atoms with van der Waals surface area (Å²) in [5.74, 6) is 0.346. The standard InChI is InChI=1S/C12H12N2O4.4ClH/c1-13-6-7-14(9-13)8-10-2-4-11(5-3-10)17-18-12(15)16;;;;/h2-7,9H,8H2,1H3;4*1H/p+1. The van der Waals surface area contributed by atoms with Gasteiger partial charge in [0.25, 0.3) is 0 Å². The van der Waals surface area contributed by atoms with Crippen molar-refractivity contribution in [2.24, 2.45) is 7.05 Å². The van der Waals surface area contributed by atoms with Crippen LogP contribution >= 0.6 is 49.6 Å². The van der Waals surface area contributed by atoms with Gasteiger partial charge in [0.1, 0.15) is 18.9 Å². The van der Waals surface area contributed by atoms with E-state index in [0.29, 0.717) is 5.75 Å². The fourth-order valence-electron chi connectivity index (χ4n) is 1.54. The van der Waals surface area contributed by atoms with Gasteiger partial charge in [-0.25, -0.2) is 18.8 Å². The summed E-state index contributed by atoms with van der Waals surface area (Å²) >= 11 is 0. The van der Waals surface area contributed by atoms with Crippen LogP contribution in [-0.2, 0) is 18.5 Å². The Balaban J connectivity index is -0.000000902. The van der Waals surface area contributed by atoms with Crippen LogP contribution in [0.25, 0.3) is 0 Å². The molecule has 1 heterocycles. The van der Waals surface area contributed by atoms with Gasteiger partial charge in [0.05, 0.1) is 7.05 Å². The van der Waals surface area contributed by atoms with Gasteiger partial charge in [-0.1, -0.05) is 12.1 Å². The molecule has 0 bridgehead atoms. The summed E-state index contributed by atoms with van der Waals surface area (Å²) in [4.78, 5) is 18.7. The summed E-state index contributed by atoms with van der Waals surface area (Å²) in [6, 6.07) is 7.00. The van der Waals surface area contributed by atoms with E-state index < -0.39 is 6.16 Å². The Bertz CT molecular complexity index is 548. The van der Waals surface area contributed by atoms with Crippen molar-refractivity contribution >= 4 is 55.8 Å². The zero-order chi connectivity index (χ0) is 13.0. The van der Waals surface area contributed by atoms with Gasteiger partial charge in [0.2, 0.25) is 6.33 Å². The summed E-state index contributed by atoms with van der Waals surface area (Å²) in [7, 11) is 1.96. The first-order chi connectivity index (χ1) is 8.63. The van der Waals surface area contributed by atoms with Crippen LogP contribution < -0.4 is 9.45 Å². The molecule has 0 saturated heterocycles. The van der Waals surface area contributed by atoms with Crippen molar-refractivity contribution in [2.45, 2.75) is 6.54 Å². The van der Waals surface area contributed by atoms with Crippen molar-refractivity contribution in [1.29, 1.82) is 0 Å². The predicted octanol–water partition coefficient (Wildman–Crippen LogP) is 3.04. The highest BCUT2D eigenvalue weighted by Crippen LogP contribution is 2.13. The summed E-state index contributed by atoms with van der Waals surface area (Å²) < 4.78 is 3.99. The summed E-state index contributed by atoms with van der Waals surface area (Å²) in [5.41, 5.74) is 1.08. The number of aromatic nitrogens is 2. The molecule has 0 atom stereocenters. The lowest BCUT2D eigenvalue weighted by atomic mass is 10.2. The van der Waals surface area contributed by atoms with E-state index in [-0.39, 0.29) is 49.6 Å². The number of hydrogen-bond acceptors (Lipinski definition) is 3. The Hall–Kier alpha value is -1.34. The number of aryl methyl sites for hydroxylation is 1. The quantitative estimate of drug-likeness (QED) is 0.491. The molecule has 1 aromatic heterocycles. The first-order valence-corrected chi connectivity index (χ1v) is 5.31. The van der Waals surface area contributed by atoms with E-state index in [1.807, 2.05) is 47.0 Å². The molecule has 22 heavy (non-hydrogen) atoms. The predicted molar refractivity (Wildman–Crippen MR) is 89.9 cm³/mol. The summed E-state index contributed by atoms with van der Waals surface area (Å²) in [5, 5.41) is 8.27. The van der Waals surface area contributed by atoms with Crippen molar-refractivity contribution in [3.8, 4) is 5.75 Å². The number of rotatable bonds is 4. The third-order valence-electron chi connectivity index (χ3n) is 2.32. The van der Waals surface area contributed by atoms with Crippen LogP contribution in [0.2, 0.25) is 0 Å². The Morgan fingerprint density at radius 2 is 1.77 bits per heavy atom. The Kier molecular flexibility index (Phi) is 14.2. The van der Waals surface area contributed by atoms with E-state index in [9.17, 15) is 4.79 Å². The van der Waals surface area contributed by atoms with E-state index >= 15 is 0 Å². The van der Waals surface area contributed by atoms with E-state index in [0.717, 1.165) is 12.1 Å². The highest BCUT2D eigenvalue weighted by Gasteiger charge is 2.04. The van der Waals surface area contributed by atoms with E-state index in [1.54, 1.807) is 12.1 Å². The molecule has 126 valence electrons. The van der Waals surface area contributed by atoms with Crippen LogP contribution in [0.3, 0.4) is 0 Å². The van der Waals surface area contributed by atoms with Gasteiger partial charge in [-0.2, -0.15) is 0 Å². The molecule has 0 aliphatic heterocycles. The maximum atomic E-state index is 10.1. The van der Waals surface area contributed by atoms with Crippen LogP contribution in [0.1, 0.15) is 5.56 Å². The van der Waals surface area contributed by atoms with Crippen LogP contribution in [0, 0.1) is 0 Å². The minimum atomic E-state index is -1.47. The molecule has 10 heteroatoms. The second kappa shape index (κ2) is 12.2. The van der Waals surface area contributed by atoms with Gasteiger partial charge in [0, 0.05) is 0 Å². The molecule has 2 aromatic rings. The van der Waals surface area contributed by atoms with Gasteiger partial charge in [0.15, 0.2) is 5.75 Å². The Labute approximate surface area is 152 Å². The first-order valence-electron chi connectivity index (χ1n) is 5.31. The number of carbonyl (C=O) groups is 1. The first kappa shape index (κ1) is 25.6. The summed E-state index contributed by atoms with van der Waals surface area (Å²) in [6.45, 7) is 0.737. The van der Waals surface area contributed by atoms with Crippen molar-refractivity contribution < 1.29 is 24.2 Å². The largest absolute Gasteiger partial charge is 0.547 e. The van der Waals surface area contributed by atoms with Gasteiger partial charge in [-0.05, 0) is 17.7 Å². The van der Waals surface area contributed by atoms with E-state index in [1.165, 1.54) is 0 Å². The smallest absolute Gasteiger partial charge is 0.447 e. The normalized spacial score (nSPS) is 8.23. The fourth-order valence-corrected chi connectivity index (χ4v) is 1.54. The lowest BCUT2D eigenvalue weighted by Crippen LogP contribution is -2.23. The molecule has 0 aliphatic carbocycles. The third-order valence-corrected chi connectivity index (χ3v) is 2.32. The molecule has 0 unspecified atom stereocenters. The monoisotopic (exact) mass is 393 g/mol. The van der Waals surface area contributed by atoms with Gasteiger partial charge >= 0.3 is 6.16 Å². The molecule has 6 nitrogen and oxygen atoms in total.